The Morgan fingerprint density at radius 1 is 1.60 bits per heavy atom. The summed E-state index contributed by atoms with van der Waals surface area (Å²) < 4.78 is 2.07. The Bertz CT molecular complexity index is 156. The Labute approximate surface area is 72.9 Å². The summed E-state index contributed by atoms with van der Waals surface area (Å²) in [6.45, 7) is 9.54. The molecule has 1 atom stereocenters. The van der Waals surface area contributed by atoms with Crippen LogP contribution in [0.25, 0.3) is 0 Å². The highest BCUT2D eigenvalue weighted by Gasteiger charge is 2.14. The third-order valence-corrected chi connectivity index (χ3v) is 5.32. The van der Waals surface area contributed by atoms with Crippen molar-refractivity contribution in [3.05, 3.63) is 12.4 Å². The first-order valence-corrected chi connectivity index (χ1v) is 6.99. The van der Waals surface area contributed by atoms with Gasteiger partial charge in [-0.3, -0.25) is 4.67 Å². The van der Waals surface area contributed by atoms with Crippen LogP contribution in [0.4, 0.5) is 0 Å². The minimum Gasteiger partial charge on any atom is -0.261 e. The van der Waals surface area contributed by atoms with E-state index in [1.165, 1.54) is 0 Å². The highest BCUT2D eigenvalue weighted by molar-refractivity contribution is 8.27. The molecule has 0 aromatic carbocycles. The average molecular weight is 198 g/mol. The summed E-state index contributed by atoms with van der Waals surface area (Å²) in [5.74, 6) is 1.69. The Morgan fingerprint density at radius 3 is 2.10 bits per heavy atom. The van der Waals surface area contributed by atoms with Crippen LogP contribution in [0, 0.1) is 0 Å². The molecule has 60 valence electrons. The summed E-state index contributed by atoms with van der Waals surface area (Å²) in [5.41, 5.74) is -1.88. The first-order valence-electron chi connectivity index (χ1n) is 3.26. The molecular formula is C6H13ClNPS. The Morgan fingerprint density at radius 2 is 2.00 bits per heavy atom. The molecule has 10 heavy (non-hydrogen) atoms. The summed E-state index contributed by atoms with van der Waals surface area (Å²) in [6.07, 6.45) is 0. The van der Waals surface area contributed by atoms with E-state index in [2.05, 4.69) is 25.1 Å². The predicted octanol–water partition coefficient (Wildman–Crippen LogP) is 3.02. The van der Waals surface area contributed by atoms with Crippen molar-refractivity contribution in [3.63, 3.8) is 0 Å². The van der Waals surface area contributed by atoms with Crippen LogP contribution in [-0.2, 0) is 11.8 Å². The van der Waals surface area contributed by atoms with Crippen LogP contribution < -0.4 is 0 Å². The lowest BCUT2D eigenvalue weighted by Crippen LogP contribution is -2.15. The normalized spacial score (nSPS) is 16.8. The van der Waals surface area contributed by atoms with Crippen LogP contribution in [-0.4, -0.2) is 17.8 Å². The van der Waals surface area contributed by atoms with Crippen molar-refractivity contribution in [1.29, 1.82) is 0 Å². The van der Waals surface area contributed by atoms with E-state index in [4.69, 9.17) is 23.0 Å². The van der Waals surface area contributed by atoms with Gasteiger partial charge in [0.05, 0.1) is 0 Å². The molecule has 1 unspecified atom stereocenters. The first kappa shape index (κ1) is 10.6. The summed E-state index contributed by atoms with van der Waals surface area (Å²) in [7, 11) is 0. The molecule has 0 radical (unpaired) electrons. The molecule has 0 spiro atoms. The van der Waals surface area contributed by atoms with Gasteiger partial charge < -0.3 is 0 Å². The van der Waals surface area contributed by atoms with Crippen LogP contribution in [0.1, 0.15) is 13.8 Å². The molecule has 4 heteroatoms. The van der Waals surface area contributed by atoms with Crippen LogP contribution in [0.15, 0.2) is 12.4 Å². The van der Waals surface area contributed by atoms with Gasteiger partial charge in [-0.25, -0.2) is 0 Å². The highest BCUT2D eigenvalue weighted by atomic mass is 35.7. The fourth-order valence-corrected chi connectivity index (χ4v) is 3.06. The molecule has 0 heterocycles. The van der Waals surface area contributed by atoms with Crippen molar-refractivity contribution < 1.29 is 0 Å². The summed E-state index contributed by atoms with van der Waals surface area (Å²) in [5, 5.41) is 0. The maximum atomic E-state index is 6.02. The highest BCUT2D eigenvalue weighted by Crippen LogP contribution is 2.55. The zero-order chi connectivity index (χ0) is 8.20. The van der Waals surface area contributed by atoms with Crippen LogP contribution >= 0.6 is 16.8 Å². The topological polar surface area (TPSA) is 3.24 Å². The number of rotatable bonds is 4. The van der Waals surface area contributed by atoms with Gasteiger partial charge in [-0.2, -0.15) is 0 Å². The largest absolute Gasteiger partial charge is 0.261 e. The molecule has 0 fully saturated rings. The number of halogens is 1. The SMILES string of the molecule is C=CP(=S)(Cl)N(CC)CC. The lowest BCUT2D eigenvalue weighted by Gasteiger charge is -2.24. The van der Waals surface area contributed by atoms with Gasteiger partial charge in [-0.1, -0.05) is 43.5 Å². The van der Waals surface area contributed by atoms with Gasteiger partial charge in [-0.05, 0) is 5.82 Å². The smallest absolute Gasteiger partial charge is 0.119 e. The van der Waals surface area contributed by atoms with Crippen molar-refractivity contribution in [3.8, 4) is 0 Å². The fraction of sp³-hybridized carbons (Fsp3) is 0.667. The number of hydrogen-bond acceptors (Lipinski definition) is 1. The van der Waals surface area contributed by atoms with Crippen molar-refractivity contribution in [2.24, 2.45) is 0 Å². The molecule has 0 N–H and O–H groups in total. The zero-order valence-electron chi connectivity index (χ0n) is 6.38. The van der Waals surface area contributed by atoms with E-state index in [0.717, 1.165) is 13.1 Å². The van der Waals surface area contributed by atoms with Gasteiger partial charge in [0.25, 0.3) is 0 Å². The number of hydrogen-bond donors (Lipinski definition) is 0. The van der Waals surface area contributed by atoms with Crippen LogP contribution in [0.5, 0.6) is 0 Å². The van der Waals surface area contributed by atoms with Crippen molar-refractivity contribution in [2.45, 2.75) is 13.8 Å². The van der Waals surface area contributed by atoms with E-state index in [1.807, 2.05) is 0 Å². The molecule has 0 aliphatic carbocycles. The maximum Gasteiger partial charge on any atom is 0.119 e. The van der Waals surface area contributed by atoms with Gasteiger partial charge >= 0.3 is 0 Å². The summed E-state index contributed by atoms with van der Waals surface area (Å²) in [6, 6.07) is 0. The molecule has 0 aromatic heterocycles. The molecule has 0 amide bonds. The van der Waals surface area contributed by atoms with E-state index in [-0.39, 0.29) is 0 Å². The minimum absolute atomic E-state index is 0.906. The van der Waals surface area contributed by atoms with Gasteiger partial charge in [0.2, 0.25) is 0 Å². The van der Waals surface area contributed by atoms with E-state index in [1.54, 1.807) is 5.82 Å². The lowest BCUT2D eigenvalue weighted by atomic mass is 10.7. The van der Waals surface area contributed by atoms with Crippen molar-refractivity contribution in [1.82, 2.24) is 4.67 Å². The van der Waals surface area contributed by atoms with E-state index in [0.29, 0.717) is 0 Å². The molecule has 0 saturated carbocycles. The second kappa shape index (κ2) is 4.50. The number of nitrogens with zero attached hydrogens (tertiary/aromatic N) is 1. The first-order chi connectivity index (χ1) is 4.58. The third-order valence-electron chi connectivity index (χ3n) is 1.34. The quantitative estimate of drug-likeness (QED) is 0.638. The van der Waals surface area contributed by atoms with E-state index < -0.39 is 5.54 Å². The van der Waals surface area contributed by atoms with Crippen LogP contribution in [0.3, 0.4) is 0 Å². The lowest BCUT2D eigenvalue weighted by molar-refractivity contribution is 0.515. The second-order valence-corrected chi connectivity index (χ2v) is 7.70. The molecule has 0 bridgehead atoms. The molecule has 0 aliphatic heterocycles. The molecular weight excluding hydrogens is 185 g/mol. The third kappa shape index (κ3) is 2.71. The Kier molecular flexibility index (Phi) is 4.79. The van der Waals surface area contributed by atoms with E-state index in [9.17, 15) is 0 Å². The Hall–Kier alpha value is 0.640. The van der Waals surface area contributed by atoms with Gasteiger partial charge in [-0.15, -0.1) is 0 Å². The molecule has 0 saturated heterocycles. The molecule has 0 aliphatic rings. The molecule has 1 nitrogen and oxygen atoms in total. The molecule has 0 rings (SSSR count). The van der Waals surface area contributed by atoms with Gasteiger partial charge in [0.15, 0.2) is 0 Å². The standard InChI is InChI=1S/C6H13ClNPS/c1-4-8(5-2)9(7,10)6-3/h6H,3-5H2,1-2H3. The maximum absolute atomic E-state index is 6.02. The van der Waals surface area contributed by atoms with Gasteiger partial charge in [0, 0.05) is 13.1 Å². The second-order valence-electron chi connectivity index (χ2n) is 1.87. The van der Waals surface area contributed by atoms with Gasteiger partial charge in [0.1, 0.15) is 5.54 Å². The zero-order valence-corrected chi connectivity index (χ0v) is 8.85. The van der Waals surface area contributed by atoms with Crippen molar-refractivity contribution >= 4 is 28.6 Å². The average Bonchev–Trinajstić information content (AvgIpc) is 1.90. The minimum atomic E-state index is -1.88. The monoisotopic (exact) mass is 197 g/mol. The Balaban J connectivity index is 4.26. The van der Waals surface area contributed by atoms with E-state index >= 15 is 0 Å². The molecule has 0 aromatic rings. The fourth-order valence-electron chi connectivity index (χ4n) is 0.725. The van der Waals surface area contributed by atoms with Crippen molar-refractivity contribution in [2.75, 3.05) is 13.1 Å². The van der Waals surface area contributed by atoms with Crippen LogP contribution in [0.2, 0.25) is 0 Å². The predicted molar refractivity (Wildman–Crippen MR) is 53.3 cm³/mol. The summed E-state index contributed by atoms with van der Waals surface area (Å²) >= 11 is 11.2. The summed E-state index contributed by atoms with van der Waals surface area (Å²) in [4.78, 5) is 0.